The monoisotopic (exact) mass is 567 g/mol. The van der Waals surface area contributed by atoms with Gasteiger partial charge in [0.05, 0.1) is 5.60 Å². The highest BCUT2D eigenvalue weighted by Crippen LogP contribution is 2.19. The third-order valence-corrected chi connectivity index (χ3v) is 8.43. The van der Waals surface area contributed by atoms with Crippen LogP contribution in [0.25, 0.3) is 0 Å². The van der Waals surface area contributed by atoms with E-state index in [0.29, 0.717) is 26.0 Å². The number of hydrogen-bond acceptors (Lipinski definition) is 3. The van der Waals surface area contributed by atoms with E-state index in [9.17, 15) is 9.59 Å². The number of amides is 2. The van der Waals surface area contributed by atoms with Gasteiger partial charge >= 0.3 is 0 Å². The zero-order valence-corrected chi connectivity index (χ0v) is 28.2. The Morgan fingerprint density at radius 1 is 0.675 bits per heavy atom. The number of hydrogen-bond donors (Lipinski definition) is 2. The molecule has 0 aromatic heterocycles. The Labute approximate surface area is 250 Å². The topological polar surface area (TPSA) is 67.4 Å². The fraction of sp³-hybridized carbons (Fsp3) is 0.943. The number of nitrogens with one attached hydrogen (secondary N) is 2. The van der Waals surface area contributed by atoms with E-state index in [2.05, 4.69) is 66.0 Å². The molecule has 0 aliphatic carbocycles. The van der Waals surface area contributed by atoms with Crippen molar-refractivity contribution < 1.29 is 14.3 Å². The van der Waals surface area contributed by atoms with Crippen LogP contribution in [-0.4, -0.2) is 36.1 Å². The molecule has 0 saturated heterocycles. The summed E-state index contributed by atoms with van der Waals surface area (Å²) in [4.78, 5) is 24.6. The maximum Gasteiger partial charge on any atom is 0.220 e. The molecule has 0 spiro atoms. The van der Waals surface area contributed by atoms with Crippen LogP contribution in [0, 0.1) is 11.8 Å². The third-order valence-electron chi connectivity index (χ3n) is 8.43. The van der Waals surface area contributed by atoms with Crippen molar-refractivity contribution in [3.63, 3.8) is 0 Å². The smallest absolute Gasteiger partial charge is 0.220 e. The van der Waals surface area contributed by atoms with Crippen LogP contribution in [0.4, 0.5) is 0 Å². The van der Waals surface area contributed by atoms with Crippen molar-refractivity contribution in [3.05, 3.63) is 0 Å². The molecule has 0 radical (unpaired) electrons. The molecule has 2 unspecified atom stereocenters. The summed E-state index contributed by atoms with van der Waals surface area (Å²) in [6, 6.07) is 0. The lowest BCUT2D eigenvalue weighted by molar-refractivity contribution is -0.123. The molecular formula is C35H70N2O3. The van der Waals surface area contributed by atoms with E-state index in [1.54, 1.807) is 0 Å². The first-order chi connectivity index (χ1) is 18.9. The molecule has 0 aliphatic rings. The van der Waals surface area contributed by atoms with E-state index < -0.39 is 0 Å². The summed E-state index contributed by atoms with van der Waals surface area (Å²) in [6.45, 7) is 18.7. The van der Waals surface area contributed by atoms with Gasteiger partial charge in [0.2, 0.25) is 11.8 Å². The summed E-state index contributed by atoms with van der Waals surface area (Å²) in [7, 11) is 0. The molecule has 40 heavy (non-hydrogen) atoms. The summed E-state index contributed by atoms with van der Waals surface area (Å²) in [5.41, 5.74) is -0.596. The Morgan fingerprint density at radius 3 is 1.82 bits per heavy atom. The van der Waals surface area contributed by atoms with Gasteiger partial charge in [-0.3, -0.25) is 9.59 Å². The maximum atomic E-state index is 12.4. The number of carbonyl (C=O) groups excluding carboxylic acids is 2. The summed E-state index contributed by atoms with van der Waals surface area (Å²) >= 11 is 0. The lowest BCUT2D eigenvalue weighted by Crippen LogP contribution is -2.44. The van der Waals surface area contributed by atoms with Crippen molar-refractivity contribution >= 4 is 11.8 Å². The largest absolute Gasteiger partial charge is 0.375 e. The van der Waals surface area contributed by atoms with E-state index in [4.69, 9.17) is 4.74 Å². The molecular weight excluding hydrogens is 496 g/mol. The Morgan fingerprint density at radius 2 is 1.20 bits per heavy atom. The van der Waals surface area contributed by atoms with Gasteiger partial charge in [0, 0.05) is 31.5 Å². The number of rotatable bonds is 27. The van der Waals surface area contributed by atoms with Gasteiger partial charge in [-0.2, -0.15) is 0 Å². The van der Waals surface area contributed by atoms with Gasteiger partial charge in [0.15, 0.2) is 0 Å². The lowest BCUT2D eigenvalue weighted by atomic mass is 9.98. The fourth-order valence-corrected chi connectivity index (χ4v) is 5.21. The van der Waals surface area contributed by atoms with Crippen LogP contribution >= 0.6 is 0 Å². The minimum atomic E-state index is -0.308. The molecule has 5 heteroatoms. The third kappa shape index (κ3) is 24.7. The van der Waals surface area contributed by atoms with Gasteiger partial charge < -0.3 is 15.4 Å². The molecule has 5 nitrogen and oxygen atoms in total. The van der Waals surface area contributed by atoms with Gasteiger partial charge in [-0.05, 0) is 65.2 Å². The molecule has 0 saturated carbocycles. The second-order valence-electron chi connectivity index (χ2n) is 13.9. The van der Waals surface area contributed by atoms with Gasteiger partial charge in [0.1, 0.15) is 0 Å². The molecule has 0 rings (SSSR count). The van der Waals surface area contributed by atoms with Gasteiger partial charge in [-0.25, -0.2) is 0 Å². The molecule has 0 fully saturated rings. The normalized spacial score (nSPS) is 13.7. The second-order valence-corrected chi connectivity index (χ2v) is 13.9. The van der Waals surface area contributed by atoms with Crippen LogP contribution < -0.4 is 10.6 Å². The van der Waals surface area contributed by atoms with Crippen molar-refractivity contribution in [1.29, 1.82) is 0 Å². The zero-order chi connectivity index (χ0) is 30.3. The van der Waals surface area contributed by atoms with Crippen LogP contribution in [0.15, 0.2) is 0 Å². The van der Waals surface area contributed by atoms with E-state index >= 15 is 0 Å². The Kier molecular flexibility index (Phi) is 22.8. The fourth-order valence-electron chi connectivity index (χ4n) is 5.21. The lowest BCUT2D eigenvalue weighted by Gasteiger charge is -2.30. The van der Waals surface area contributed by atoms with Crippen LogP contribution in [0.2, 0.25) is 0 Å². The van der Waals surface area contributed by atoms with Crippen LogP contribution in [0.5, 0.6) is 0 Å². The molecule has 0 aromatic rings. The molecule has 0 heterocycles. The summed E-state index contributed by atoms with van der Waals surface area (Å²) in [5, 5.41) is 6.26. The summed E-state index contributed by atoms with van der Waals surface area (Å²) < 4.78 is 6.15. The number of carbonyl (C=O) groups is 2. The second kappa shape index (κ2) is 23.5. The number of unbranched alkanes of at least 4 members (excludes halogenated alkanes) is 8. The minimum Gasteiger partial charge on any atom is -0.375 e. The average molecular weight is 567 g/mol. The van der Waals surface area contributed by atoms with Gasteiger partial charge in [-0.15, -0.1) is 0 Å². The Balaban J connectivity index is 3.84. The first-order valence-corrected chi connectivity index (χ1v) is 17.1. The SMILES string of the molecule is CCCC(C)CCCCC(=O)NC(C)(C)CCOC(C)(C)CCNC(=O)CCCCCCCCCCC(C)CC. The van der Waals surface area contributed by atoms with Crippen molar-refractivity contribution in [2.45, 2.75) is 189 Å². The van der Waals surface area contributed by atoms with E-state index in [0.717, 1.165) is 50.4 Å². The molecule has 2 atom stereocenters. The van der Waals surface area contributed by atoms with E-state index in [1.807, 2.05) is 0 Å². The highest BCUT2D eigenvalue weighted by Gasteiger charge is 2.23. The molecule has 238 valence electrons. The minimum absolute atomic E-state index is 0.141. The quantitative estimate of drug-likeness (QED) is 0.0973. The Bertz CT molecular complexity index is 632. The Hall–Kier alpha value is -1.10. The standard InChI is InChI=1S/C35H70N2O3/c1-9-21-31(4)23-19-20-25-33(39)37-34(5,6)27-29-40-35(7,8)26-28-36-32(38)24-18-16-14-12-11-13-15-17-22-30(3)10-2/h30-31H,9-29H2,1-8H3,(H,36,38)(H,37,39). The molecule has 0 aliphatic heterocycles. The van der Waals surface area contributed by atoms with Crippen molar-refractivity contribution in [2.75, 3.05) is 13.2 Å². The number of ether oxygens (including phenoxy) is 1. The van der Waals surface area contributed by atoms with E-state index in [-0.39, 0.29) is 23.0 Å². The molecule has 2 amide bonds. The van der Waals surface area contributed by atoms with Gasteiger partial charge in [-0.1, -0.05) is 111 Å². The average Bonchev–Trinajstić information content (AvgIpc) is 2.87. The first kappa shape index (κ1) is 38.9. The summed E-state index contributed by atoms with van der Waals surface area (Å²) in [5.74, 6) is 1.94. The first-order valence-electron chi connectivity index (χ1n) is 17.1. The summed E-state index contributed by atoms with van der Waals surface area (Å²) in [6.07, 6.45) is 21.4. The van der Waals surface area contributed by atoms with Crippen molar-refractivity contribution in [3.8, 4) is 0 Å². The predicted molar refractivity (Wildman–Crippen MR) is 173 cm³/mol. The van der Waals surface area contributed by atoms with Crippen molar-refractivity contribution in [1.82, 2.24) is 10.6 Å². The van der Waals surface area contributed by atoms with Crippen LogP contribution in [0.3, 0.4) is 0 Å². The van der Waals surface area contributed by atoms with Crippen molar-refractivity contribution in [2.24, 2.45) is 11.8 Å². The predicted octanol–water partition coefficient (Wildman–Crippen LogP) is 9.52. The molecule has 2 N–H and O–H groups in total. The van der Waals surface area contributed by atoms with Crippen LogP contribution in [0.1, 0.15) is 177 Å². The maximum absolute atomic E-state index is 12.4. The highest BCUT2D eigenvalue weighted by atomic mass is 16.5. The highest BCUT2D eigenvalue weighted by molar-refractivity contribution is 5.76. The molecule has 0 aromatic carbocycles. The zero-order valence-electron chi connectivity index (χ0n) is 28.2. The van der Waals surface area contributed by atoms with Gasteiger partial charge in [0.25, 0.3) is 0 Å². The molecule has 0 bridgehead atoms. The van der Waals surface area contributed by atoms with Crippen LogP contribution in [-0.2, 0) is 14.3 Å². The van der Waals surface area contributed by atoms with E-state index in [1.165, 1.54) is 70.6 Å².